The van der Waals surface area contributed by atoms with Crippen molar-refractivity contribution in [2.75, 3.05) is 65.0 Å². The van der Waals surface area contributed by atoms with Crippen molar-refractivity contribution >= 4 is 17.1 Å². The summed E-state index contributed by atoms with van der Waals surface area (Å²) in [5.41, 5.74) is 4.85. The Hall–Kier alpha value is -3.52. The summed E-state index contributed by atoms with van der Waals surface area (Å²) in [5, 5.41) is 13.6. The van der Waals surface area contributed by atoms with Crippen molar-refractivity contribution in [1.82, 2.24) is 24.4 Å². The summed E-state index contributed by atoms with van der Waals surface area (Å²) >= 11 is 0. The lowest BCUT2D eigenvalue weighted by Gasteiger charge is -2.43. The molecule has 10 nitrogen and oxygen atoms in total. The SMILES string of the molecule is COC[C@@H](C)N1CCC(OC)(c2ccc(-c3cc4c(N5CCN(C(=O)[C@H]6C[C@H](C#N)C6)CC5)ccnn4c3)nc2)CC1. The number of anilines is 1. The number of aromatic nitrogens is 3. The van der Waals surface area contributed by atoms with Gasteiger partial charge in [0, 0.05) is 101 Å². The summed E-state index contributed by atoms with van der Waals surface area (Å²) in [6.07, 6.45) is 9.09. The van der Waals surface area contributed by atoms with E-state index in [0.29, 0.717) is 32.0 Å². The van der Waals surface area contributed by atoms with Crippen molar-refractivity contribution in [2.24, 2.45) is 11.8 Å². The fourth-order valence-corrected chi connectivity index (χ4v) is 6.88. The highest BCUT2D eigenvalue weighted by Crippen LogP contribution is 2.38. The van der Waals surface area contributed by atoms with E-state index >= 15 is 0 Å². The maximum atomic E-state index is 12.8. The monoisotopic (exact) mass is 571 g/mol. The molecule has 1 aliphatic carbocycles. The van der Waals surface area contributed by atoms with Gasteiger partial charge in [0.2, 0.25) is 5.91 Å². The first-order chi connectivity index (χ1) is 20.4. The number of carbonyl (C=O) groups is 1. The first-order valence-corrected chi connectivity index (χ1v) is 15.1. The molecular formula is C32H41N7O3. The average molecular weight is 572 g/mol. The summed E-state index contributed by atoms with van der Waals surface area (Å²) in [5.74, 6) is 0.285. The fourth-order valence-electron chi connectivity index (χ4n) is 6.88. The highest BCUT2D eigenvalue weighted by atomic mass is 16.5. The molecule has 5 heterocycles. The van der Waals surface area contributed by atoms with E-state index in [4.69, 9.17) is 19.7 Å². The molecule has 3 aromatic heterocycles. The van der Waals surface area contributed by atoms with Gasteiger partial charge in [-0.3, -0.25) is 14.7 Å². The number of piperidine rings is 1. The first kappa shape index (κ1) is 28.6. The highest BCUT2D eigenvalue weighted by Gasteiger charge is 2.39. The molecule has 0 radical (unpaired) electrons. The van der Waals surface area contributed by atoms with Crippen molar-refractivity contribution in [1.29, 1.82) is 5.26 Å². The normalized spacial score (nSPS) is 23.4. The number of hydrogen-bond donors (Lipinski definition) is 0. The second-order valence-electron chi connectivity index (χ2n) is 12.1. The molecule has 1 amide bonds. The van der Waals surface area contributed by atoms with Crippen LogP contribution in [0.3, 0.4) is 0 Å². The number of hydrogen-bond acceptors (Lipinski definition) is 8. The van der Waals surface area contributed by atoms with Gasteiger partial charge in [-0.25, -0.2) is 4.52 Å². The van der Waals surface area contributed by atoms with Gasteiger partial charge in [-0.2, -0.15) is 10.4 Å². The maximum absolute atomic E-state index is 12.8. The van der Waals surface area contributed by atoms with Gasteiger partial charge in [0.05, 0.1) is 35.2 Å². The average Bonchev–Trinajstić information content (AvgIpc) is 3.46. The minimum atomic E-state index is -0.325. The molecule has 1 saturated carbocycles. The Bertz CT molecular complexity index is 1430. The number of ether oxygens (including phenoxy) is 2. The van der Waals surface area contributed by atoms with Crippen molar-refractivity contribution in [3.63, 3.8) is 0 Å². The molecule has 222 valence electrons. The summed E-state index contributed by atoms with van der Waals surface area (Å²) in [6, 6.07) is 11.1. The van der Waals surface area contributed by atoms with E-state index in [1.807, 2.05) is 35.1 Å². The van der Waals surface area contributed by atoms with Crippen LogP contribution in [0.1, 0.15) is 38.2 Å². The number of nitriles is 1. The van der Waals surface area contributed by atoms with Crippen LogP contribution in [0.2, 0.25) is 0 Å². The van der Waals surface area contributed by atoms with Crippen molar-refractivity contribution in [3.8, 4) is 17.3 Å². The Kier molecular flexibility index (Phi) is 8.17. The number of piperazine rings is 1. The summed E-state index contributed by atoms with van der Waals surface area (Å²) < 4.78 is 13.4. The van der Waals surface area contributed by atoms with Crippen LogP contribution < -0.4 is 4.90 Å². The van der Waals surface area contributed by atoms with E-state index in [2.05, 4.69) is 52.2 Å². The molecule has 0 N–H and O–H groups in total. The molecule has 3 aromatic rings. The fraction of sp³-hybridized carbons (Fsp3) is 0.562. The largest absolute Gasteiger partial charge is 0.383 e. The van der Waals surface area contributed by atoms with Gasteiger partial charge in [-0.05, 0) is 50.8 Å². The minimum absolute atomic E-state index is 0.0251. The van der Waals surface area contributed by atoms with Crippen molar-refractivity contribution < 1.29 is 14.3 Å². The molecule has 1 atom stereocenters. The molecule has 3 fully saturated rings. The molecule has 2 aliphatic heterocycles. The van der Waals surface area contributed by atoms with Gasteiger partial charge in [0.15, 0.2) is 0 Å². The number of methoxy groups -OCH3 is 2. The predicted molar refractivity (Wildman–Crippen MR) is 160 cm³/mol. The lowest BCUT2D eigenvalue weighted by atomic mass is 9.75. The molecule has 6 rings (SSSR count). The van der Waals surface area contributed by atoms with Crippen LogP contribution >= 0.6 is 0 Å². The Balaban J connectivity index is 1.13. The molecule has 3 aliphatic rings. The number of likely N-dealkylation sites (tertiary alicyclic amines) is 1. The van der Waals surface area contributed by atoms with Crippen LogP contribution in [0, 0.1) is 23.2 Å². The van der Waals surface area contributed by atoms with Gasteiger partial charge >= 0.3 is 0 Å². The summed E-state index contributed by atoms with van der Waals surface area (Å²) in [4.78, 5) is 24.5. The third-order valence-electron chi connectivity index (χ3n) is 9.70. The smallest absolute Gasteiger partial charge is 0.225 e. The topological polar surface area (TPSA) is 99.2 Å². The van der Waals surface area contributed by atoms with Crippen LogP contribution in [0.4, 0.5) is 5.69 Å². The third kappa shape index (κ3) is 5.37. The lowest BCUT2D eigenvalue weighted by molar-refractivity contribution is -0.139. The van der Waals surface area contributed by atoms with Gasteiger partial charge in [-0.15, -0.1) is 0 Å². The maximum Gasteiger partial charge on any atom is 0.225 e. The molecule has 10 heteroatoms. The van der Waals surface area contributed by atoms with Crippen molar-refractivity contribution in [2.45, 2.75) is 44.2 Å². The van der Waals surface area contributed by atoms with E-state index < -0.39 is 0 Å². The minimum Gasteiger partial charge on any atom is -0.383 e. The van der Waals surface area contributed by atoms with Crippen LogP contribution in [0.25, 0.3) is 16.8 Å². The molecule has 0 aromatic carbocycles. The van der Waals surface area contributed by atoms with Gasteiger partial charge in [-0.1, -0.05) is 6.07 Å². The standard InChI is InChI=1S/C32H41N7O3/c1-23(22-41-2)36-10-7-32(42-3,8-11-36)27-4-5-28(34-20-27)26-18-30-29(6-9-35-39(30)21-26)37-12-14-38(15-13-37)31(40)25-16-24(17-25)19-33/h4-6,9,18,20-21,23-25H,7-8,10-17,22H2,1-3H3/t23-,24-,25-/m1/s1. The molecule has 0 unspecified atom stereocenters. The summed E-state index contributed by atoms with van der Waals surface area (Å²) in [6.45, 7) is 7.81. The number of nitrogens with zero attached hydrogens (tertiary/aromatic N) is 7. The Morgan fingerprint density at radius 2 is 1.88 bits per heavy atom. The Morgan fingerprint density at radius 1 is 1.12 bits per heavy atom. The zero-order chi connectivity index (χ0) is 29.3. The first-order valence-electron chi connectivity index (χ1n) is 15.1. The number of amides is 1. The van der Waals surface area contributed by atoms with Crippen LogP contribution in [-0.2, 0) is 19.9 Å². The zero-order valence-electron chi connectivity index (χ0n) is 24.9. The van der Waals surface area contributed by atoms with Crippen LogP contribution in [-0.4, -0.2) is 96.4 Å². The molecule has 0 spiro atoms. The predicted octanol–water partition coefficient (Wildman–Crippen LogP) is 3.57. The third-order valence-corrected chi connectivity index (χ3v) is 9.70. The van der Waals surface area contributed by atoms with Gasteiger partial charge < -0.3 is 19.3 Å². The van der Waals surface area contributed by atoms with E-state index in [0.717, 1.165) is 73.7 Å². The molecule has 42 heavy (non-hydrogen) atoms. The Morgan fingerprint density at radius 3 is 2.52 bits per heavy atom. The van der Waals surface area contributed by atoms with Gasteiger partial charge in [0.1, 0.15) is 0 Å². The van der Waals surface area contributed by atoms with E-state index in [1.165, 1.54) is 0 Å². The number of carbonyl (C=O) groups excluding carboxylic acids is 1. The Labute approximate surface area is 247 Å². The van der Waals surface area contributed by atoms with Gasteiger partial charge in [0.25, 0.3) is 0 Å². The van der Waals surface area contributed by atoms with Crippen molar-refractivity contribution in [3.05, 3.63) is 48.4 Å². The van der Waals surface area contributed by atoms with E-state index in [9.17, 15) is 4.79 Å². The quantitative estimate of drug-likeness (QED) is 0.405. The van der Waals surface area contributed by atoms with Crippen LogP contribution in [0.15, 0.2) is 42.9 Å². The number of fused-ring (bicyclic) bond motifs is 1. The molecular weight excluding hydrogens is 530 g/mol. The highest BCUT2D eigenvalue weighted by molar-refractivity contribution is 5.81. The molecule has 2 saturated heterocycles. The van der Waals surface area contributed by atoms with E-state index in [1.54, 1.807) is 7.11 Å². The zero-order valence-corrected chi connectivity index (χ0v) is 24.9. The molecule has 0 bridgehead atoms. The lowest BCUT2D eigenvalue weighted by Crippen LogP contribution is -2.52. The second kappa shape index (κ2) is 12.0. The second-order valence-corrected chi connectivity index (χ2v) is 12.1. The van der Waals surface area contributed by atoms with Crippen LogP contribution in [0.5, 0.6) is 0 Å². The number of rotatable bonds is 8. The van der Waals surface area contributed by atoms with E-state index in [-0.39, 0.29) is 23.3 Å². The number of pyridine rings is 1. The summed E-state index contributed by atoms with van der Waals surface area (Å²) in [7, 11) is 3.57.